The lowest BCUT2D eigenvalue weighted by Gasteiger charge is -2.14. The molecule has 0 bridgehead atoms. The zero-order valence-electron chi connectivity index (χ0n) is 14.5. The molecule has 0 aliphatic rings. The van der Waals surface area contributed by atoms with Gasteiger partial charge in [0, 0.05) is 16.6 Å². The fraction of sp³-hybridized carbons (Fsp3) is 0.0455. The van der Waals surface area contributed by atoms with E-state index < -0.39 is 11.7 Å². The van der Waals surface area contributed by atoms with E-state index in [1.54, 1.807) is 0 Å². The predicted molar refractivity (Wildman–Crippen MR) is 107 cm³/mol. The Labute approximate surface area is 164 Å². The zero-order valence-corrected chi connectivity index (χ0v) is 15.2. The van der Waals surface area contributed by atoms with Gasteiger partial charge in [-0.3, -0.25) is 0 Å². The quantitative estimate of drug-likeness (QED) is 0.391. The van der Waals surface area contributed by atoms with Crippen molar-refractivity contribution in [1.29, 1.82) is 0 Å². The van der Waals surface area contributed by atoms with Crippen molar-refractivity contribution >= 4 is 33.9 Å². The Hall–Kier alpha value is -3.05. The van der Waals surface area contributed by atoms with Crippen molar-refractivity contribution < 1.29 is 13.2 Å². The molecule has 0 saturated heterocycles. The second-order valence-corrected chi connectivity index (χ2v) is 6.67. The highest BCUT2D eigenvalue weighted by Gasteiger charge is 2.33. The number of nitrogens with one attached hydrogen (secondary N) is 1. The second-order valence-electron chi connectivity index (χ2n) is 6.26. The summed E-state index contributed by atoms with van der Waals surface area (Å²) in [6, 6.07) is 22.9. The van der Waals surface area contributed by atoms with Crippen LogP contribution in [0.4, 0.5) is 24.7 Å². The van der Waals surface area contributed by atoms with Crippen LogP contribution in [0.5, 0.6) is 0 Å². The smallest absolute Gasteiger partial charge is 0.340 e. The zero-order chi connectivity index (χ0) is 19.7. The van der Waals surface area contributed by atoms with Crippen molar-refractivity contribution in [3.8, 4) is 11.3 Å². The molecule has 0 amide bonds. The second kappa shape index (κ2) is 7.17. The van der Waals surface area contributed by atoms with Gasteiger partial charge in [-0.25, -0.2) is 4.98 Å². The first-order valence-electron chi connectivity index (χ1n) is 8.51. The third-order valence-corrected chi connectivity index (χ3v) is 4.67. The molecule has 0 saturated carbocycles. The van der Waals surface area contributed by atoms with Crippen molar-refractivity contribution in [2.24, 2.45) is 0 Å². The van der Waals surface area contributed by atoms with Crippen LogP contribution in [0.2, 0.25) is 5.02 Å². The van der Waals surface area contributed by atoms with E-state index in [-0.39, 0.29) is 10.7 Å². The summed E-state index contributed by atoms with van der Waals surface area (Å²) in [4.78, 5) is 4.66. The van der Waals surface area contributed by atoms with Crippen LogP contribution in [-0.2, 0) is 6.18 Å². The van der Waals surface area contributed by atoms with Gasteiger partial charge in [-0.1, -0.05) is 66.2 Å². The summed E-state index contributed by atoms with van der Waals surface area (Å²) < 4.78 is 39.5. The first-order chi connectivity index (χ1) is 13.4. The van der Waals surface area contributed by atoms with Gasteiger partial charge < -0.3 is 5.32 Å². The maximum atomic E-state index is 13.2. The highest BCUT2D eigenvalue weighted by atomic mass is 35.5. The van der Waals surface area contributed by atoms with Crippen LogP contribution in [-0.4, -0.2) is 4.98 Å². The number of pyridine rings is 1. The molecule has 1 heterocycles. The Morgan fingerprint density at radius 1 is 0.821 bits per heavy atom. The van der Waals surface area contributed by atoms with Gasteiger partial charge in [0.05, 0.1) is 16.3 Å². The van der Waals surface area contributed by atoms with Crippen molar-refractivity contribution in [3.05, 3.63) is 89.4 Å². The number of halogens is 4. The van der Waals surface area contributed by atoms with Gasteiger partial charge in [-0.05, 0) is 29.7 Å². The van der Waals surface area contributed by atoms with Crippen LogP contribution in [0.1, 0.15) is 5.56 Å². The van der Waals surface area contributed by atoms with Crippen LogP contribution >= 0.6 is 11.6 Å². The molecule has 1 N–H and O–H groups in total. The molecule has 0 radical (unpaired) electrons. The Kier molecular flexibility index (Phi) is 4.69. The minimum absolute atomic E-state index is 0.264. The largest absolute Gasteiger partial charge is 0.417 e. The predicted octanol–water partition coefficient (Wildman–Crippen LogP) is 7.32. The number of hydrogen-bond acceptors (Lipinski definition) is 2. The number of rotatable bonds is 3. The number of anilines is 2. The van der Waals surface area contributed by atoms with E-state index in [1.165, 1.54) is 12.1 Å². The SMILES string of the molecule is FC(F)(F)c1cc(Nc2nc(-c3ccccc3)cc3ccccc23)ccc1Cl. The summed E-state index contributed by atoms with van der Waals surface area (Å²) in [6.07, 6.45) is -4.53. The molecule has 1 aromatic heterocycles. The molecule has 4 aromatic rings. The number of benzene rings is 3. The summed E-state index contributed by atoms with van der Waals surface area (Å²) >= 11 is 5.72. The van der Waals surface area contributed by atoms with Gasteiger partial charge in [0.1, 0.15) is 5.82 Å². The van der Waals surface area contributed by atoms with Crippen LogP contribution in [0.15, 0.2) is 78.9 Å². The number of nitrogens with zero attached hydrogens (tertiary/aromatic N) is 1. The molecule has 2 nitrogen and oxygen atoms in total. The Bertz CT molecular complexity index is 1140. The number of alkyl halides is 3. The van der Waals surface area contributed by atoms with E-state index in [4.69, 9.17) is 11.6 Å². The van der Waals surface area contributed by atoms with Crippen LogP contribution in [0.25, 0.3) is 22.0 Å². The monoisotopic (exact) mass is 398 g/mol. The molecule has 4 rings (SSSR count). The molecule has 0 aliphatic heterocycles. The van der Waals surface area contributed by atoms with Gasteiger partial charge in [-0.2, -0.15) is 13.2 Å². The molecule has 140 valence electrons. The van der Waals surface area contributed by atoms with E-state index in [1.807, 2.05) is 60.7 Å². The van der Waals surface area contributed by atoms with Crippen molar-refractivity contribution in [1.82, 2.24) is 4.98 Å². The summed E-state index contributed by atoms with van der Waals surface area (Å²) in [6.45, 7) is 0. The van der Waals surface area contributed by atoms with Gasteiger partial charge in [-0.15, -0.1) is 0 Å². The summed E-state index contributed by atoms with van der Waals surface area (Å²) in [5.74, 6) is 0.479. The van der Waals surface area contributed by atoms with E-state index in [0.717, 1.165) is 28.1 Å². The third kappa shape index (κ3) is 3.66. The Morgan fingerprint density at radius 2 is 1.54 bits per heavy atom. The maximum Gasteiger partial charge on any atom is 0.417 e. The number of hydrogen-bond donors (Lipinski definition) is 1. The minimum atomic E-state index is -4.53. The highest BCUT2D eigenvalue weighted by Crippen LogP contribution is 2.37. The van der Waals surface area contributed by atoms with Gasteiger partial charge in [0.25, 0.3) is 0 Å². The summed E-state index contributed by atoms with van der Waals surface area (Å²) in [5, 5.41) is 4.43. The number of aromatic nitrogens is 1. The van der Waals surface area contributed by atoms with E-state index in [0.29, 0.717) is 5.82 Å². The summed E-state index contributed by atoms with van der Waals surface area (Å²) in [5.41, 5.74) is 1.03. The van der Waals surface area contributed by atoms with Crippen molar-refractivity contribution in [2.75, 3.05) is 5.32 Å². The van der Waals surface area contributed by atoms with E-state index in [9.17, 15) is 13.2 Å². The van der Waals surface area contributed by atoms with Crippen LogP contribution < -0.4 is 5.32 Å². The molecule has 3 aromatic carbocycles. The lowest BCUT2D eigenvalue weighted by atomic mass is 10.1. The normalized spacial score (nSPS) is 11.6. The summed E-state index contributed by atoms with van der Waals surface area (Å²) in [7, 11) is 0. The van der Waals surface area contributed by atoms with Crippen LogP contribution in [0.3, 0.4) is 0 Å². The fourth-order valence-corrected chi connectivity index (χ4v) is 3.23. The molecule has 6 heteroatoms. The molecule has 0 unspecified atom stereocenters. The Balaban J connectivity index is 1.83. The van der Waals surface area contributed by atoms with Crippen molar-refractivity contribution in [2.45, 2.75) is 6.18 Å². The lowest BCUT2D eigenvalue weighted by molar-refractivity contribution is -0.137. The standard InChI is InChI=1S/C22H14ClF3N2/c23-19-11-10-16(13-18(19)22(24,25)26)27-21-17-9-5-4-8-15(17)12-20(28-21)14-6-2-1-3-7-14/h1-13H,(H,27,28). The molecular formula is C22H14ClF3N2. The average Bonchev–Trinajstić information content (AvgIpc) is 2.69. The molecule has 0 atom stereocenters. The lowest BCUT2D eigenvalue weighted by Crippen LogP contribution is -2.07. The first-order valence-corrected chi connectivity index (χ1v) is 8.88. The maximum absolute atomic E-state index is 13.2. The average molecular weight is 399 g/mol. The fourth-order valence-electron chi connectivity index (χ4n) is 3.01. The van der Waals surface area contributed by atoms with Crippen LogP contribution in [0, 0.1) is 0 Å². The molecular weight excluding hydrogens is 385 g/mol. The van der Waals surface area contributed by atoms with E-state index >= 15 is 0 Å². The highest BCUT2D eigenvalue weighted by molar-refractivity contribution is 6.31. The first kappa shape index (κ1) is 18.3. The third-order valence-electron chi connectivity index (χ3n) is 4.34. The molecule has 0 aliphatic carbocycles. The topological polar surface area (TPSA) is 24.9 Å². The van der Waals surface area contributed by atoms with Gasteiger partial charge in [0.15, 0.2) is 0 Å². The van der Waals surface area contributed by atoms with E-state index in [2.05, 4.69) is 10.3 Å². The van der Waals surface area contributed by atoms with Gasteiger partial charge >= 0.3 is 6.18 Å². The molecule has 28 heavy (non-hydrogen) atoms. The van der Waals surface area contributed by atoms with Gasteiger partial charge in [0.2, 0.25) is 0 Å². The minimum Gasteiger partial charge on any atom is -0.340 e. The number of fused-ring (bicyclic) bond motifs is 1. The molecule has 0 fully saturated rings. The Morgan fingerprint density at radius 3 is 2.29 bits per heavy atom. The van der Waals surface area contributed by atoms with Crippen molar-refractivity contribution in [3.63, 3.8) is 0 Å². The molecule has 0 spiro atoms.